The van der Waals surface area contributed by atoms with Gasteiger partial charge in [-0.3, -0.25) is 4.79 Å². The Kier molecular flexibility index (Phi) is 8.06. The fraction of sp³-hybridized carbons (Fsp3) is 0.700. The Bertz CT molecular complexity index is 325. The van der Waals surface area contributed by atoms with Gasteiger partial charge in [-0.05, 0) is 0 Å². The first-order valence-corrected chi connectivity index (χ1v) is 6.29. The second kappa shape index (κ2) is 8.42. The third kappa shape index (κ3) is 7.06. The summed E-state index contributed by atoms with van der Waals surface area (Å²) in [4.78, 5) is 11.2. The van der Waals surface area contributed by atoms with Crippen molar-refractivity contribution in [2.75, 3.05) is 25.6 Å². The monoisotopic (exact) mass is 323 g/mol. The maximum Gasteiger partial charge on any atom is 0.464 e. The molecule has 0 heterocycles. The summed E-state index contributed by atoms with van der Waals surface area (Å²) in [5.41, 5.74) is 5.16. The number of carbonyl (C=O) groups is 1. The maximum absolute atomic E-state index is 12.5. The van der Waals surface area contributed by atoms with Crippen molar-refractivity contribution in [1.82, 2.24) is 0 Å². The molecule has 1 atom stereocenters. The Morgan fingerprint density at radius 1 is 1.30 bits per heavy atom. The van der Waals surface area contributed by atoms with Crippen LogP contribution >= 0.6 is 11.8 Å². The number of halogens is 5. The zero-order valence-corrected chi connectivity index (χ0v) is 11.1. The van der Waals surface area contributed by atoms with Crippen LogP contribution in [0.15, 0.2) is 12.7 Å². The van der Waals surface area contributed by atoms with E-state index in [4.69, 9.17) is 10.5 Å². The summed E-state index contributed by atoms with van der Waals surface area (Å²) in [5.74, 6) is -1.99. The van der Waals surface area contributed by atoms with Crippen LogP contribution in [0.3, 0.4) is 0 Å². The minimum atomic E-state index is -5.69. The number of esters is 1. The SMILES string of the molecule is C=CCOCCOC(=O)C(N)CSC(F)(F)C(F)(F)F. The van der Waals surface area contributed by atoms with Gasteiger partial charge in [-0.2, -0.15) is 22.0 Å². The highest BCUT2D eigenvalue weighted by Gasteiger charge is 2.58. The summed E-state index contributed by atoms with van der Waals surface area (Å²) < 4.78 is 70.1. The smallest absolute Gasteiger partial charge is 0.462 e. The molecule has 20 heavy (non-hydrogen) atoms. The van der Waals surface area contributed by atoms with E-state index < -0.39 is 41.0 Å². The summed E-state index contributed by atoms with van der Waals surface area (Å²) in [6.45, 7) is 3.46. The molecule has 0 radical (unpaired) electrons. The van der Waals surface area contributed by atoms with Crippen LogP contribution in [0.25, 0.3) is 0 Å². The molecule has 0 saturated heterocycles. The lowest BCUT2D eigenvalue weighted by molar-refractivity contribution is -0.237. The molecule has 1 unspecified atom stereocenters. The molecule has 0 bridgehead atoms. The zero-order valence-electron chi connectivity index (χ0n) is 10.3. The lowest BCUT2D eigenvalue weighted by Gasteiger charge is -2.20. The number of alkyl halides is 5. The van der Waals surface area contributed by atoms with Crippen LogP contribution in [-0.2, 0) is 14.3 Å². The first kappa shape index (κ1) is 19.1. The van der Waals surface area contributed by atoms with Crippen molar-refractivity contribution in [1.29, 1.82) is 0 Å². The quantitative estimate of drug-likeness (QED) is 0.304. The van der Waals surface area contributed by atoms with Crippen LogP contribution < -0.4 is 5.73 Å². The van der Waals surface area contributed by atoms with Crippen molar-refractivity contribution in [3.05, 3.63) is 12.7 Å². The fourth-order valence-corrected chi connectivity index (χ4v) is 1.51. The van der Waals surface area contributed by atoms with E-state index >= 15 is 0 Å². The molecule has 0 aromatic rings. The van der Waals surface area contributed by atoms with Gasteiger partial charge in [0.1, 0.15) is 12.6 Å². The molecule has 2 N–H and O–H groups in total. The highest BCUT2D eigenvalue weighted by atomic mass is 32.2. The first-order chi connectivity index (χ1) is 9.12. The second-order valence-electron chi connectivity index (χ2n) is 3.46. The van der Waals surface area contributed by atoms with Gasteiger partial charge in [0.25, 0.3) is 0 Å². The molecule has 0 fully saturated rings. The van der Waals surface area contributed by atoms with E-state index in [-0.39, 0.29) is 19.8 Å². The normalized spacial score (nSPS) is 13.9. The molecule has 10 heteroatoms. The van der Waals surface area contributed by atoms with Gasteiger partial charge >= 0.3 is 17.4 Å². The van der Waals surface area contributed by atoms with E-state index in [1.54, 1.807) is 0 Å². The number of hydrogen-bond acceptors (Lipinski definition) is 5. The molecule has 0 saturated carbocycles. The number of carbonyl (C=O) groups excluding carboxylic acids is 1. The van der Waals surface area contributed by atoms with E-state index in [1.165, 1.54) is 6.08 Å². The molecule has 4 nitrogen and oxygen atoms in total. The highest BCUT2D eigenvalue weighted by Crippen LogP contribution is 2.44. The van der Waals surface area contributed by atoms with E-state index in [9.17, 15) is 26.7 Å². The topological polar surface area (TPSA) is 61.5 Å². The predicted octanol–water partition coefficient (Wildman–Crippen LogP) is 1.95. The van der Waals surface area contributed by atoms with Gasteiger partial charge in [-0.15, -0.1) is 6.58 Å². The van der Waals surface area contributed by atoms with Gasteiger partial charge in [0.2, 0.25) is 0 Å². The third-order valence-corrected chi connectivity index (χ3v) is 2.90. The molecule has 0 aromatic heterocycles. The minimum absolute atomic E-state index is 0.0380. The molecule has 0 amide bonds. The van der Waals surface area contributed by atoms with Crippen molar-refractivity contribution >= 4 is 17.7 Å². The summed E-state index contributed by atoms with van der Waals surface area (Å²) in [5, 5.41) is -4.96. The van der Waals surface area contributed by atoms with Gasteiger partial charge in [-0.25, -0.2) is 0 Å². The summed E-state index contributed by atoms with van der Waals surface area (Å²) in [6.07, 6.45) is -4.23. The average molecular weight is 323 g/mol. The minimum Gasteiger partial charge on any atom is -0.462 e. The molecule has 0 rings (SSSR count). The lowest BCUT2D eigenvalue weighted by atomic mass is 10.4. The Morgan fingerprint density at radius 3 is 2.40 bits per heavy atom. The van der Waals surface area contributed by atoms with E-state index in [2.05, 4.69) is 11.3 Å². The first-order valence-electron chi connectivity index (χ1n) is 5.31. The zero-order chi connectivity index (χ0) is 15.8. The predicted molar refractivity (Wildman–Crippen MR) is 63.4 cm³/mol. The van der Waals surface area contributed by atoms with Crippen LogP contribution in [0.1, 0.15) is 0 Å². The number of nitrogens with two attached hydrogens (primary N) is 1. The summed E-state index contributed by atoms with van der Waals surface area (Å²) >= 11 is -0.759. The maximum atomic E-state index is 12.5. The number of rotatable bonds is 9. The second-order valence-corrected chi connectivity index (χ2v) is 4.60. The fourth-order valence-electron chi connectivity index (χ4n) is 0.819. The molecule has 0 aliphatic heterocycles. The Labute approximate surface area is 116 Å². The molecule has 118 valence electrons. The molecule has 0 aromatic carbocycles. The summed E-state index contributed by atoms with van der Waals surface area (Å²) in [7, 11) is 0. The Morgan fingerprint density at radius 2 is 1.90 bits per heavy atom. The number of thioether (sulfide) groups is 1. The largest absolute Gasteiger partial charge is 0.464 e. The van der Waals surface area contributed by atoms with Crippen molar-refractivity contribution in [2.45, 2.75) is 17.5 Å². The Hall–Kier alpha value is -0.870. The molecule has 0 aliphatic carbocycles. The van der Waals surface area contributed by atoms with Crippen molar-refractivity contribution < 1.29 is 36.2 Å². The van der Waals surface area contributed by atoms with Crippen molar-refractivity contribution in [3.8, 4) is 0 Å². The lowest BCUT2D eigenvalue weighted by Crippen LogP contribution is -2.39. The van der Waals surface area contributed by atoms with Gasteiger partial charge in [0.05, 0.1) is 13.2 Å². The molecular formula is C10H14F5NO3S. The Balaban J connectivity index is 4.00. The van der Waals surface area contributed by atoms with Gasteiger partial charge < -0.3 is 15.2 Å². The van der Waals surface area contributed by atoms with E-state index in [1.807, 2.05) is 0 Å². The van der Waals surface area contributed by atoms with Crippen molar-refractivity contribution in [2.24, 2.45) is 5.73 Å². The van der Waals surface area contributed by atoms with Crippen molar-refractivity contribution in [3.63, 3.8) is 0 Å². The highest BCUT2D eigenvalue weighted by molar-refractivity contribution is 8.00. The molecule has 0 aliphatic rings. The summed E-state index contributed by atoms with van der Waals surface area (Å²) in [6, 6.07) is -1.58. The standard InChI is InChI=1S/C10H14F5NO3S/c1-2-3-18-4-5-19-8(17)7(16)6-20-10(14,15)9(11,12)13/h2,7H,1,3-6,16H2. The van der Waals surface area contributed by atoms with Gasteiger partial charge in [0, 0.05) is 5.75 Å². The van der Waals surface area contributed by atoms with Crippen LogP contribution in [0.4, 0.5) is 22.0 Å². The number of hydrogen-bond donors (Lipinski definition) is 1. The van der Waals surface area contributed by atoms with E-state index in [0.717, 1.165) is 0 Å². The van der Waals surface area contributed by atoms with Gasteiger partial charge in [-0.1, -0.05) is 17.8 Å². The molecule has 0 spiro atoms. The number of ether oxygens (including phenoxy) is 2. The van der Waals surface area contributed by atoms with Crippen LogP contribution in [-0.4, -0.2) is 49.0 Å². The average Bonchev–Trinajstić information content (AvgIpc) is 2.34. The van der Waals surface area contributed by atoms with E-state index in [0.29, 0.717) is 0 Å². The van der Waals surface area contributed by atoms with Crippen LogP contribution in [0, 0.1) is 0 Å². The molecular weight excluding hydrogens is 309 g/mol. The van der Waals surface area contributed by atoms with Gasteiger partial charge in [0.15, 0.2) is 0 Å². The van der Waals surface area contributed by atoms with Crippen LogP contribution in [0.2, 0.25) is 0 Å². The van der Waals surface area contributed by atoms with Crippen LogP contribution in [0.5, 0.6) is 0 Å². The third-order valence-electron chi connectivity index (χ3n) is 1.78.